The molecule has 1 rings (SSSR count). The quantitative estimate of drug-likeness (QED) is 0.603. The fraction of sp³-hybridized carbons (Fsp3) is 0.667. The van der Waals surface area contributed by atoms with E-state index in [1.54, 1.807) is 0 Å². The smallest absolute Gasteiger partial charge is 0.315 e. The molecule has 0 aromatic carbocycles. The van der Waals surface area contributed by atoms with Crippen molar-refractivity contribution in [2.45, 2.75) is 37.4 Å². The second kappa shape index (κ2) is 6.24. The summed E-state index contributed by atoms with van der Waals surface area (Å²) in [5, 5.41) is -0.945. The van der Waals surface area contributed by atoms with Crippen molar-refractivity contribution >= 4 is 7.60 Å². The maximum Gasteiger partial charge on any atom is 0.352 e. The molecule has 0 amide bonds. The average molecular weight is 255 g/mol. The molecule has 0 radical (unpaired) electrons. The Morgan fingerprint density at radius 2 is 1.59 bits per heavy atom. The molecule has 0 aromatic heterocycles. The first-order chi connectivity index (χ1) is 8.08. The van der Waals surface area contributed by atoms with Crippen LogP contribution in [0.3, 0.4) is 0 Å². The van der Waals surface area contributed by atoms with Gasteiger partial charge in [-0.25, -0.2) is 0 Å². The zero-order chi connectivity index (χ0) is 12.8. The van der Waals surface area contributed by atoms with E-state index in [0.717, 1.165) is 19.3 Å². The predicted octanol–water partition coefficient (Wildman–Crippen LogP) is 2.10. The molecular formula is C12H18NO3P. The highest BCUT2D eigenvalue weighted by Crippen LogP contribution is 2.62. The molecule has 0 bridgehead atoms. The van der Waals surface area contributed by atoms with E-state index in [1.807, 2.05) is 0 Å². The van der Waals surface area contributed by atoms with Crippen molar-refractivity contribution in [3.05, 3.63) is 0 Å². The van der Waals surface area contributed by atoms with Crippen LogP contribution in [-0.2, 0) is 13.6 Å². The predicted molar refractivity (Wildman–Crippen MR) is 67.2 cm³/mol. The summed E-state index contributed by atoms with van der Waals surface area (Å²) < 4.78 is 23.0. The maximum atomic E-state index is 12.6. The molecule has 0 aliphatic heterocycles. The van der Waals surface area contributed by atoms with Crippen molar-refractivity contribution in [1.29, 1.82) is 0 Å². The third-order valence-corrected chi connectivity index (χ3v) is 5.38. The second-order valence-corrected chi connectivity index (χ2v) is 6.52. The van der Waals surface area contributed by atoms with Crippen molar-refractivity contribution in [2.24, 2.45) is 5.73 Å². The highest BCUT2D eigenvalue weighted by Gasteiger charge is 2.48. The molecule has 0 spiro atoms. The van der Waals surface area contributed by atoms with Gasteiger partial charge in [-0.05, 0) is 12.8 Å². The molecule has 2 N–H and O–H groups in total. The lowest BCUT2D eigenvalue weighted by molar-refractivity contribution is 0.199. The normalized spacial score (nSPS) is 19.2. The lowest BCUT2D eigenvalue weighted by Crippen LogP contribution is -2.42. The fourth-order valence-corrected chi connectivity index (χ4v) is 3.92. The summed E-state index contributed by atoms with van der Waals surface area (Å²) in [6, 6.07) is 0. The van der Waals surface area contributed by atoms with E-state index in [2.05, 4.69) is 11.8 Å². The van der Waals surface area contributed by atoms with Crippen molar-refractivity contribution in [2.75, 3.05) is 13.2 Å². The molecule has 0 heterocycles. The Morgan fingerprint density at radius 1 is 1.12 bits per heavy atom. The Bertz CT molecular complexity index is 352. The third kappa shape index (κ3) is 3.35. The van der Waals surface area contributed by atoms with Crippen LogP contribution in [0.5, 0.6) is 0 Å². The van der Waals surface area contributed by atoms with Crippen LogP contribution in [0.1, 0.15) is 32.1 Å². The first-order valence-electron chi connectivity index (χ1n) is 5.63. The minimum Gasteiger partial charge on any atom is -0.315 e. The minimum atomic E-state index is -3.45. The molecule has 0 saturated heterocycles. The summed E-state index contributed by atoms with van der Waals surface area (Å²) in [6.45, 7) is -0.165. The van der Waals surface area contributed by atoms with Gasteiger partial charge in [0.1, 0.15) is 18.5 Å². The van der Waals surface area contributed by atoms with Gasteiger partial charge in [-0.1, -0.05) is 31.1 Å². The van der Waals surface area contributed by atoms with Gasteiger partial charge < -0.3 is 5.73 Å². The Kier molecular flexibility index (Phi) is 5.25. The topological polar surface area (TPSA) is 61.5 Å². The molecule has 0 aromatic rings. The first kappa shape index (κ1) is 14.3. The molecule has 0 atom stereocenters. The second-order valence-electron chi connectivity index (χ2n) is 4.12. The first-order valence-corrected chi connectivity index (χ1v) is 7.17. The number of terminal acetylenes is 2. The van der Waals surface area contributed by atoms with E-state index in [9.17, 15) is 4.57 Å². The number of hydrogen-bond acceptors (Lipinski definition) is 4. The van der Waals surface area contributed by atoms with Crippen LogP contribution in [0, 0.1) is 24.7 Å². The molecule has 0 unspecified atom stereocenters. The number of rotatable bonds is 5. The third-order valence-electron chi connectivity index (χ3n) is 2.90. The summed E-state index contributed by atoms with van der Waals surface area (Å²) in [4.78, 5) is 0. The van der Waals surface area contributed by atoms with Crippen LogP contribution >= 0.6 is 7.60 Å². The van der Waals surface area contributed by atoms with Gasteiger partial charge in [-0.2, -0.15) is 0 Å². The zero-order valence-electron chi connectivity index (χ0n) is 9.85. The van der Waals surface area contributed by atoms with Gasteiger partial charge in [0.2, 0.25) is 0 Å². The molecule has 94 valence electrons. The van der Waals surface area contributed by atoms with E-state index < -0.39 is 12.9 Å². The van der Waals surface area contributed by atoms with Crippen LogP contribution in [-0.4, -0.2) is 18.5 Å². The molecule has 1 saturated carbocycles. The highest BCUT2D eigenvalue weighted by atomic mass is 31.2. The Morgan fingerprint density at radius 3 is 2.00 bits per heavy atom. The van der Waals surface area contributed by atoms with Gasteiger partial charge in [-0.3, -0.25) is 13.6 Å². The maximum absolute atomic E-state index is 12.6. The van der Waals surface area contributed by atoms with Crippen LogP contribution < -0.4 is 5.73 Å². The SMILES string of the molecule is C#CCOP(=O)(OCC#C)C1(N)CCCCC1. The molecule has 1 aliphatic carbocycles. The monoisotopic (exact) mass is 255 g/mol. The molecule has 17 heavy (non-hydrogen) atoms. The summed E-state index contributed by atoms with van der Waals surface area (Å²) in [6.07, 6.45) is 14.3. The Labute approximate surface area is 103 Å². The van der Waals surface area contributed by atoms with E-state index in [0.29, 0.717) is 12.8 Å². The molecule has 4 nitrogen and oxygen atoms in total. The van der Waals surface area contributed by atoms with Gasteiger partial charge in [0.05, 0.1) is 0 Å². The van der Waals surface area contributed by atoms with E-state index in [4.69, 9.17) is 27.6 Å². The number of nitrogens with two attached hydrogens (primary N) is 1. The van der Waals surface area contributed by atoms with E-state index in [-0.39, 0.29) is 13.2 Å². The summed E-state index contributed by atoms with van der Waals surface area (Å²) in [7, 11) is -3.45. The summed E-state index contributed by atoms with van der Waals surface area (Å²) in [5.41, 5.74) is 6.17. The van der Waals surface area contributed by atoms with Gasteiger partial charge >= 0.3 is 7.60 Å². The summed E-state index contributed by atoms with van der Waals surface area (Å²) >= 11 is 0. The summed E-state index contributed by atoms with van der Waals surface area (Å²) in [5.74, 6) is 4.55. The van der Waals surface area contributed by atoms with Crippen LogP contribution in [0.15, 0.2) is 0 Å². The van der Waals surface area contributed by atoms with Crippen molar-refractivity contribution in [1.82, 2.24) is 0 Å². The van der Waals surface area contributed by atoms with Crippen molar-refractivity contribution in [3.8, 4) is 24.7 Å². The Balaban J connectivity index is 2.84. The van der Waals surface area contributed by atoms with Crippen LogP contribution in [0.25, 0.3) is 0 Å². The highest BCUT2D eigenvalue weighted by molar-refractivity contribution is 7.55. The van der Waals surface area contributed by atoms with Crippen LogP contribution in [0.4, 0.5) is 0 Å². The van der Waals surface area contributed by atoms with Gasteiger partial charge in [0.15, 0.2) is 0 Å². The number of hydrogen-bond donors (Lipinski definition) is 1. The van der Waals surface area contributed by atoms with Crippen molar-refractivity contribution < 1.29 is 13.6 Å². The minimum absolute atomic E-state index is 0.0825. The molecule has 1 aliphatic rings. The van der Waals surface area contributed by atoms with E-state index >= 15 is 0 Å². The van der Waals surface area contributed by atoms with E-state index in [1.165, 1.54) is 0 Å². The average Bonchev–Trinajstić information content (AvgIpc) is 2.34. The largest absolute Gasteiger partial charge is 0.352 e. The molecular weight excluding hydrogens is 237 g/mol. The lowest BCUT2D eigenvalue weighted by atomic mass is 9.96. The van der Waals surface area contributed by atoms with Crippen molar-refractivity contribution in [3.63, 3.8) is 0 Å². The molecule has 5 heteroatoms. The standard InChI is InChI=1S/C12H18NO3P/c1-3-10-15-17(14,16-11-4-2)12(13)8-6-5-7-9-12/h1-2H,5-11,13H2. The molecule has 1 fully saturated rings. The Hall–Kier alpha value is -0.770. The zero-order valence-corrected chi connectivity index (χ0v) is 10.7. The van der Waals surface area contributed by atoms with Crippen LogP contribution in [0.2, 0.25) is 0 Å². The lowest BCUT2D eigenvalue weighted by Gasteiger charge is -2.37. The van der Waals surface area contributed by atoms with Gasteiger partial charge in [0.25, 0.3) is 0 Å². The fourth-order valence-electron chi connectivity index (χ4n) is 1.98. The van der Waals surface area contributed by atoms with Gasteiger partial charge in [0, 0.05) is 0 Å². The van der Waals surface area contributed by atoms with Gasteiger partial charge in [-0.15, -0.1) is 12.8 Å².